The highest BCUT2D eigenvalue weighted by Crippen LogP contribution is 2.34. The van der Waals surface area contributed by atoms with Crippen LogP contribution in [0.4, 0.5) is 0 Å². The summed E-state index contributed by atoms with van der Waals surface area (Å²) in [4.78, 5) is 18.7. The van der Waals surface area contributed by atoms with Gasteiger partial charge in [-0.1, -0.05) is 61.3 Å². The molecule has 0 unspecified atom stereocenters. The first-order valence-electron chi connectivity index (χ1n) is 11.2. The Kier molecular flexibility index (Phi) is 6.27. The summed E-state index contributed by atoms with van der Waals surface area (Å²) in [7, 11) is 0. The molecule has 0 amide bonds. The molecule has 0 radical (unpaired) electrons. The molecule has 4 rings (SSSR count). The Labute approximate surface area is 200 Å². The summed E-state index contributed by atoms with van der Waals surface area (Å²) in [6, 6.07) is 17.7. The van der Waals surface area contributed by atoms with Crippen molar-refractivity contribution in [3.63, 3.8) is 0 Å². The number of aryl methyl sites for hydroxylation is 3. The molecule has 0 fully saturated rings. The van der Waals surface area contributed by atoms with Gasteiger partial charge in [0, 0.05) is 16.0 Å². The van der Waals surface area contributed by atoms with E-state index < -0.39 is 0 Å². The second-order valence-electron chi connectivity index (χ2n) is 9.03. The summed E-state index contributed by atoms with van der Waals surface area (Å²) < 4.78 is 6.06. The number of esters is 1. The molecule has 0 N–H and O–H groups in total. The molecular formula is C29H28ClNO2. The Morgan fingerprint density at radius 2 is 1.61 bits per heavy atom. The van der Waals surface area contributed by atoms with Crippen LogP contribution in [0.25, 0.3) is 22.2 Å². The lowest BCUT2D eigenvalue weighted by Crippen LogP contribution is -2.14. The fraction of sp³-hybridized carbons (Fsp3) is 0.241. The van der Waals surface area contributed by atoms with Crippen molar-refractivity contribution in [1.29, 1.82) is 0 Å². The van der Waals surface area contributed by atoms with Gasteiger partial charge in [-0.15, -0.1) is 0 Å². The summed E-state index contributed by atoms with van der Waals surface area (Å²) in [6.45, 7) is 12.2. The maximum Gasteiger partial charge on any atom is 0.344 e. The maximum atomic E-state index is 13.7. The Morgan fingerprint density at radius 3 is 2.27 bits per heavy atom. The lowest BCUT2D eigenvalue weighted by molar-refractivity contribution is 0.0734. The fourth-order valence-electron chi connectivity index (χ4n) is 4.32. The van der Waals surface area contributed by atoms with Crippen LogP contribution in [0.5, 0.6) is 5.75 Å². The number of halogens is 1. The summed E-state index contributed by atoms with van der Waals surface area (Å²) in [5, 5.41) is 1.47. The number of carbonyl (C=O) groups is 1. The van der Waals surface area contributed by atoms with E-state index in [2.05, 4.69) is 19.9 Å². The highest BCUT2D eigenvalue weighted by atomic mass is 35.5. The number of fused-ring (bicyclic) bond motifs is 1. The van der Waals surface area contributed by atoms with Gasteiger partial charge in [0.15, 0.2) is 0 Å². The molecule has 1 aromatic heterocycles. The fourth-order valence-corrected chi connectivity index (χ4v) is 4.45. The molecule has 0 spiro atoms. The van der Waals surface area contributed by atoms with Crippen LogP contribution in [0.2, 0.25) is 5.02 Å². The SMILES string of the molecule is Cc1ccc(C(C)C)c(OC(=O)c2c(C)c(-c3ccc(Cl)cc3)nc3c(C)cc(C)cc23)c1. The number of hydrogen-bond acceptors (Lipinski definition) is 3. The van der Waals surface area contributed by atoms with Crippen LogP contribution in [0.1, 0.15) is 57.9 Å². The molecule has 0 aliphatic heterocycles. The second kappa shape index (κ2) is 8.99. The zero-order valence-electron chi connectivity index (χ0n) is 19.9. The molecule has 33 heavy (non-hydrogen) atoms. The zero-order chi connectivity index (χ0) is 23.9. The molecule has 168 valence electrons. The minimum absolute atomic E-state index is 0.234. The van der Waals surface area contributed by atoms with Crippen LogP contribution in [-0.4, -0.2) is 11.0 Å². The second-order valence-corrected chi connectivity index (χ2v) is 9.47. The Bertz CT molecular complexity index is 1370. The third kappa shape index (κ3) is 4.51. The van der Waals surface area contributed by atoms with Gasteiger partial charge in [0.25, 0.3) is 0 Å². The Morgan fingerprint density at radius 1 is 0.909 bits per heavy atom. The van der Waals surface area contributed by atoms with Gasteiger partial charge in [-0.25, -0.2) is 9.78 Å². The minimum atomic E-state index is -0.368. The van der Waals surface area contributed by atoms with E-state index in [9.17, 15) is 4.79 Å². The van der Waals surface area contributed by atoms with E-state index in [1.165, 1.54) is 0 Å². The third-order valence-corrected chi connectivity index (χ3v) is 6.24. The standard InChI is InChI=1S/C29H28ClNO2/c1-16(2)23-12-7-17(3)15-25(23)33-29(32)26-20(6)28(21-8-10-22(30)11-9-21)31-27-19(5)13-18(4)14-24(26)27/h7-16H,1-6H3. The number of hydrogen-bond donors (Lipinski definition) is 0. The van der Waals surface area contributed by atoms with Crippen molar-refractivity contribution >= 4 is 28.5 Å². The zero-order valence-corrected chi connectivity index (χ0v) is 20.7. The average molecular weight is 458 g/mol. The highest BCUT2D eigenvalue weighted by Gasteiger charge is 2.23. The van der Waals surface area contributed by atoms with Crippen LogP contribution < -0.4 is 4.74 Å². The first-order chi connectivity index (χ1) is 15.7. The average Bonchev–Trinajstić information content (AvgIpc) is 2.74. The van der Waals surface area contributed by atoms with E-state index in [-0.39, 0.29) is 11.9 Å². The van der Waals surface area contributed by atoms with Crippen molar-refractivity contribution in [3.8, 4) is 17.0 Å². The van der Waals surface area contributed by atoms with Crippen LogP contribution in [0, 0.1) is 27.7 Å². The number of rotatable bonds is 4. The van der Waals surface area contributed by atoms with Gasteiger partial charge in [-0.2, -0.15) is 0 Å². The number of ether oxygens (including phenoxy) is 1. The topological polar surface area (TPSA) is 39.2 Å². The molecule has 0 bridgehead atoms. The molecule has 4 heteroatoms. The molecule has 0 saturated heterocycles. The molecule has 0 atom stereocenters. The first kappa shape index (κ1) is 23.0. The van der Waals surface area contributed by atoms with Crippen molar-refractivity contribution in [2.45, 2.75) is 47.5 Å². The molecule has 0 aliphatic carbocycles. The molecule has 0 aliphatic rings. The van der Waals surface area contributed by atoms with E-state index >= 15 is 0 Å². The van der Waals surface area contributed by atoms with Gasteiger partial charge in [-0.05, 0) is 80.1 Å². The normalized spacial score (nSPS) is 11.3. The predicted octanol–water partition coefficient (Wildman–Crippen LogP) is 8.13. The predicted molar refractivity (Wildman–Crippen MR) is 137 cm³/mol. The highest BCUT2D eigenvalue weighted by molar-refractivity contribution is 6.30. The number of carbonyl (C=O) groups excluding carboxylic acids is 1. The number of nitrogens with zero attached hydrogens (tertiary/aromatic N) is 1. The van der Waals surface area contributed by atoms with E-state index in [0.717, 1.165) is 50.0 Å². The van der Waals surface area contributed by atoms with Gasteiger partial charge in [0.1, 0.15) is 5.75 Å². The molecule has 3 nitrogen and oxygen atoms in total. The molecule has 3 aromatic carbocycles. The van der Waals surface area contributed by atoms with E-state index in [1.807, 2.05) is 76.2 Å². The van der Waals surface area contributed by atoms with Crippen molar-refractivity contribution in [1.82, 2.24) is 4.98 Å². The molecule has 1 heterocycles. The van der Waals surface area contributed by atoms with E-state index in [4.69, 9.17) is 21.3 Å². The van der Waals surface area contributed by atoms with Gasteiger partial charge < -0.3 is 4.74 Å². The van der Waals surface area contributed by atoms with Gasteiger partial charge in [-0.3, -0.25) is 0 Å². The van der Waals surface area contributed by atoms with Crippen LogP contribution in [0.3, 0.4) is 0 Å². The minimum Gasteiger partial charge on any atom is -0.423 e. The molecule has 0 saturated carbocycles. The smallest absolute Gasteiger partial charge is 0.344 e. The first-order valence-corrected chi connectivity index (χ1v) is 11.5. The van der Waals surface area contributed by atoms with Crippen molar-refractivity contribution in [3.05, 3.63) is 93.0 Å². The third-order valence-electron chi connectivity index (χ3n) is 5.98. The lowest BCUT2D eigenvalue weighted by atomic mass is 9.95. The van der Waals surface area contributed by atoms with Crippen molar-refractivity contribution in [2.75, 3.05) is 0 Å². The number of aromatic nitrogens is 1. The van der Waals surface area contributed by atoms with Gasteiger partial charge in [0.2, 0.25) is 0 Å². The molecular weight excluding hydrogens is 430 g/mol. The monoisotopic (exact) mass is 457 g/mol. The summed E-state index contributed by atoms with van der Waals surface area (Å²) in [6.07, 6.45) is 0. The number of pyridine rings is 1. The Balaban J connectivity index is 1.94. The van der Waals surface area contributed by atoms with Gasteiger partial charge >= 0.3 is 5.97 Å². The van der Waals surface area contributed by atoms with Crippen LogP contribution in [-0.2, 0) is 0 Å². The maximum absolute atomic E-state index is 13.7. The largest absolute Gasteiger partial charge is 0.423 e. The molecule has 4 aromatic rings. The summed E-state index contributed by atoms with van der Waals surface area (Å²) in [5.74, 6) is 0.474. The van der Waals surface area contributed by atoms with E-state index in [0.29, 0.717) is 16.3 Å². The number of benzene rings is 3. The summed E-state index contributed by atoms with van der Waals surface area (Å²) in [5.41, 5.74) is 7.96. The Hall–Kier alpha value is -3.17. The van der Waals surface area contributed by atoms with E-state index in [1.54, 1.807) is 0 Å². The van der Waals surface area contributed by atoms with Crippen LogP contribution >= 0.6 is 11.6 Å². The van der Waals surface area contributed by atoms with Crippen LogP contribution in [0.15, 0.2) is 54.6 Å². The quantitative estimate of drug-likeness (QED) is 0.229. The van der Waals surface area contributed by atoms with Crippen molar-refractivity contribution in [2.24, 2.45) is 0 Å². The van der Waals surface area contributed by atoms with Gasteiger partial charge in [0.05, 0.1) is 16.8 Å². The summed E-state index contributed by atoms with van der Waals surface area (Å²) >= 11 is 6.11. The van der Waals surface area contributed by atoms with Crippen molar-refractivity contribution < 1.29 is 9.53 Å². The lowest BCUT2D eigenvalue weighted by Gasteiger charge is -2.18.